The lowest BCUT2D eigenvalue weighted by Crippen LogP contribution is -2.13. The van der Waals surface area contributed by atoms with E-state index in [1.165, 1.54) is 0 Å². The van der Waals surface area contributed by atoms with E-state index in [1.807, 2.05) is 19.1 Å². The molecule has 1 amide bonds. The van der Waals surface area contributed by atoms with Crippen LogP contribution in [0.25, 0.3) is 11.3 Å². The Bertz CT molecular complexity index is 1140. The third-order valence-corrected chi connectivity index (χ3v) is 5.07. The van der Waals surface area contributed by atoms with Crippen LogP contribution in [0.3, 0.4) is 0 Å². The normalized spacial score (nSPS) is 10.7. The van der Waals surface area contributed by atoms with E-state index in [9.17, 15) is 4.79 Å². The van der Waals surface area contributed by atoms with Crippen LogP contribution in [0.4, 0.5) is 5.13 Å². The van der Waals surface area contributed by atoms with Gasteiger partial charge in [-0.05, 0) is 47.6 Å². The van der Waals surface area contributed by atoms with Crippen molar-refractivity contribution in [1.29, 1.82) is 0 Å². The molecule has 0 aliphatic carbocycles. The Morgan fingerprint density at radius 1 is 1.21 bits per heavy atom. The number of hydrogen-bond donors (Lipinski definition) is 2. The van der Waals surface area contributed by atoms with Crippen LogP contribution in [0.15, 0.2) is 48.9 Å². The number of rotatable bonds is 6. The summed E-state index contributed by atoms with van der Waals surface area (Å²) in [6.45, 7) is 2.23. The summed E-state index contributed by atoms with van der Waals surface area (Å²) in [6, 6.07) is 8.96. The topological polar surface area (TPSA) is 106 Å². The van der Waals surface area contributed by atoms with Crippen molar-refractivity contribution < 1.29 is 9.53 Å². The summed E-state index contributed by atoms with van der Waals surface area (Å²) in [5.41, 5.74) is 3.72. The van der Waals surface area contributed by atoms with Crippen LogP contribution in [0.5, 0.6) is 5.19 Å². The first-order valence-electron chi connectivity index (χ1n) is 8.56. The van der Waals surface area contributed by atoms with Crippen molar-refractivity contribution in [2.45, 2.75) is 13.5 Å². The molecule has 29 heavy (non-hydrogen) atoms. The minimum Gasteiger partial charge on any atom is -0.464 e. The van der Waals surface area contributed by atoms with Gasteiger partial charge in [0.25, 0.3) is 11.1 Å². The molecule has 0 atom stereocenters. The number of nitrogens with zero attached hydrogens (tertiary/aromatic N) is 4. The molecule has 0 aliphatic heterocycles. The Labute approximate surface area is 174 Å². The van der Waals surface area contributed by atoms with E-state index in [2.05, 4.69) is 30.7 Å². The van der Waals surface area contributed by atoms with Gasteiger partial charge in [-0.2, -0.15) is 5.10 Å². The summed E-state index contributed by atoms with van der Waals surface area (Å²) >= 11 is 7.02. The highest BCUT2D eigenvalue weighted by Crippen LogP contribution is 2.27. The lowest BCUT2D eigenvalue weighted by molar-refractivity contribution is 0.102. The number of aromatic amines is 1. The first kappa shape index (κ1) is 19.0. The van der Waals surface area contributed by atoms with Gasteiger partial charge in [0.15, 0.2) is 0 Å². The number of ether oxygens (including phenoxy) is 1. The van der Waals surface area contributed by atoms with Gasteiger partial charge in [0, 0.05) is 23.0 Å². The Morgan fingerprint density at radius 2 is 2.03 bits per heavy atom. The van der Waals surface area contributed by atoms with E-state index >= 15 is 0 Å². The minimum absolute atomic E-state index is 0.322. The van der Waals surface area contributed by atoms with Gasteiger partial charge in [0.1, 0.15) is 6.61 Å². The van der Waals surface area contributed by atoms with E-state index in [4.69, 9.17) is 16.3 Å². The number of halogens is 1. The van der Waals surface area contributed by atoms with Crippen molar-refractivity contribution >= 4 is 34.0 Å². The smallest absolute Gasteiger partial charge is 0.296 e. The summed E-state index contributed by atoms with van der Waals surface area (Å²) in [4.78, 5) is 16.9. The maximum absolute atomic E-state index is 12.8. The highest BCUT2D eigenvalue weighted by Gasteiger charge is 2.17. The fraction of sp³-hybridized carbons (Fsp3) is 0.105. The predicted molar refractivity (Wildman–Crippen MR) is 110 cm³/mol. The van der Waals surface area contributed by atoms with Crippen LogP contribution in [0.1, 0.15) is 21.5 Å². The molecule has 4 aromatic rings. The third kappa shape index (κ3) is 4.41. The van der Waals surface area contributed by atoms with Crippen molar-refractivity contribution in [3.8, 4) is 16.5 Å². The minimum atomic E-state index is -0.322. The number of carbonyl (C=O) groups is 1. The second-order valence-electron chi connectivity index (χ2n) is 6.09. The zero-order chi connectivity index (χ0) is 20.2. The first-order chi connectivity index (χ1) is 14.1. The van der Waals surface area contributed by atoms with E-state index in [0.29, 0.717) is 33.1 Å². The van der Waals surface area contributed by atoms with Crippen molar-refractivity contribution in [2.75, 3.05) is 5.32 Å². The number of aryl methyl sites for hydroxylation is 1. The molecular formula is C19H15ClN6O2S. The summed E-state index contributed by atoms with van der Waals surface area (Å²) in [7, 11) is 0. The highest BCUT2D eigenvalue weighted by atomic mass is 35.5. The summed E-state index contributed by atoms with van der Waals surface area (Å²) in [5, 5.41) is 18.9. The first-order valence-corrected chi connectivity index (χ1v) is 9.76. The molecule has 0 unspecified atom stereocenters. The number of amides is 1. The van der Waals surface area contributed by atoms with E-state index in [1.54, 1.807) is 36.8 Å². The van der Waals surface area contributed by atoms with Crippen molar-refractivity contribution in [3.05, 3.63) is 70.6 Å². The molecule has 10 heteroatoms. The predicted octanol–water partition coefficient (Wildman–Crippen LogP) is 4.12. The highest BCUT2D eigenvalue weighted by molar-refractivity contribution is 7.17. The molecule has 0 radical (unpaired) electrons. The summed E-state index contributed by atoms with van der Waals surface area (Å²) < 4.78 is 5.63. The van der Waals surface area contributed by atoms with Gasteiger partial charge in [-0.3, -0.25) is 20.2 Å². The molecule has 146 valence electrons. The monoisotopic (exact) mass is 426 g/mol. The van der Waals surface area contributed by atoms with Gasteiger partial charge in [0.05, 0.1) is 17.5 Å². The van der Waals surface area contributed by atoms with Gasteiger partial charge in [-0.15, -0.1) is 5.10 Å². The van der Waals surface area contributed by atoms with Crippen LogP contribution in [-0.4, -0.2) is 31.3 Å². The number of H-pyrrole nitrogens is 1. The molecule has 0 aliphatic rings. The third-order valence-electron chi connectivity index (χ3n) is 4.07. The molecular weight excluding hydrogens is 412 g/mol. The van der Waals surface area contributed by atoms with Gasteiger partial charge < -0.3 is 4.74 Å². The quantitative estimate of drug-likeness (QED) is 0.480. The second-order valence-corrected chi connectivity index (χ2v) is 7.47. The number of benzene rings is 1. The van der Waals surface area contributed by atoms with Gasteiger partial charge in [-0.25, -0.2) is 0 Å². The lowest BCUT2D eigenvalue weighted by Gasteiger charge is -2.07. The van der Waals surface area contributed by atoms with Crippen molar-refractivity contribution in [2.24, 2.45) is 0 Å². The molecule has 0 saturated carbocycles. The van der Waals surface area contributed by atoms with Crippen LogP contribution >= 0.6 is 22.9 Å². The van der Waals surface area contributed by atoms with Crippen LogP contribution in [-0.2, 0) is 6.61 Å². The lowest BCUT2D eigenvalue weighted by atomic mass is 10.0. The van der Waals surface area contributed by atoms with Gasteiger partial charge in [0.2, 0.25) is 5.13 Å². The molecule has 0 fully saturated rings. The molecule has 8 nitrogen and oxygen atoms in total. The fourth-order valence-corrected chi connectivity index (χ4v) is 3.34. The molecule has 2 N–H and O–H groups in total. The van der Waals surface area contributed by atoms with Gasteiger partial charge >= 0.3 is 0 Å². The largest absolute Gasteiger partial charge is 0.464 e. The fourth-order valence-electron chi connectivity index (χ4n) is 2.62. The number of pyridine rings is 1. The zero-order valence-electron chi connectivity index (χ0n) is 15.2. The molecule has 0 saturated heterocycles. The second kappa shape index (κ2) is 8.38. The average Bonchev–Trinajstić information content (AvgIpc) is 3.36. The number of hydrogen-bond acceptors (Lipinski definition) is 7. The number of aromatic nitrogens is 5. The Balaban J connectivity index is 1.45. The molecule has 1 aromatic carbocycles. The molecule has 0 bridgehead atoms. The van der Waals surface area contributed by atoms with Crippen LogP contribution in [0.2, 0.25) is 5.02 Å². The Hall–Kier alpha value is -3.30. The maximum atomic E-state index is 12.8. The van der Waals surface area contributed by atoms with Crippen molar-refractivity contribution in [1.82, 2.24) is 25.4 Å². The van der Waals surface area contributed by atoms with Crippen LogP contribution < -0.4 is 10.1 Å². The zero-order valence-corrected chi connectivity index (χ0v) is 16.8. The van der Waals surface area contributed by atoms with Gasteiger partial charge in [-0.1, -0.05) is 28.8 Å². The Morgan fingerprint density at radius 3 is 2.79 bits per heavy atom. The average molecular weight is 427 g/mol. The van der Waals surface area contributed by atoms with E-state index in [-0.39, 0.29) is 5.91 Å². The van der Waals surface area contributed by atoms with Crippen LogP contribution in [0, 0.1) is 6.92 Å². The van der Waals surface area contributed by atoms with E-state index < -0.39 is 0 Å². The number of nitrogens with one attached hydrogen (secondary N) is 2. The number of carbonyl (C=O) groups excluding carboxylic acids is 1. The Kier molecular flexibility index (Phi) is 5.50. The molecule has 3 aromatic heterocycles. The molecule has 4 rings (SSSR count). The molecule has 0 spiro atoms. The SMILES string of the molecule is Cc1cn[nH]c1-c1cnccc1C(=O)Nc1nnc(OCc2ccc(Cl)cc2)s1. The summed E-state index contributed by atoms with van der Waals surface area (Å²) in [6.07, 6.45) is 4.88. The van der Waals surface area contributed by atoms with Crippen molar-refractivity contribution in [3.63, 3.8) is 0 Å². The number of anilines is 1. The maximum Gasteiger partial charge on any atom is 0.296 e. The molecule has 3 heterocycles. The van der Waals surface area contributed by atoms with E-state index in [0.717, 1.165) is 28.2 Å². The standard InChI is InChI=1S/C19H15ClN6O2S/c1-11-8-22-24-16(11)15-9-21-7-6-14(15)17(27)23-18-25-26-19(29-18)28-10-12-2-4-13(20)5-3-12/h2-9H,10H2,1H3,(H,22,24)(H,23,25,27). The summed E-state index contributed by atoms with van der Waals surface area (Å²) in [5.74, 6) is -0.322.